The minimum absolute atomic E-state index is 0.117. The van der Waals surface area contributed by atoms with Gasteiger partial charge in [-0.15, -0.1) is 0 Å². The summed E-state index contributed by atoms with van der Waals surface area (Å²) in [4.78, 5) is 11.0. The average molecular weight is 183 g/mol. The lowest BCUT2D eigenvalue weighted by atomic mass is 9.95. The van der Waals surface area contributed by atoms with Crippen molar-refractivity contribution in [1.29, 1.82) is 0 Å². The highest BCUT2D eigenvalue weighted by atomic mass is 16.1. The maximum atomic E-state index is 11.0. The summed E-state index contributed by atoms with van der Waals surface area (Å²) in [7, 11) is 0. The fraction of sp³-hybridized carbons (Fsp3) is 0.727. The number of hydrogen-bond acceptors (Lipinski definition) is 2. The van der Waals surface area contributed by atoms with Gasteiger partial charge in [0.05, 0.1) is 6.04 Å². The first-order valence-electron chi connectivity index (χ1n) is 4.82. The first-order chi connectivity index (χ1) is 5.86. The Labute approximate surface area is 81.4 Å². The van der Waals surface area contributed by atoms with E-state index >= 15 is 0 Å². The molecule has 2 nitrogen and oxygen atoms in total. The van der Waals surface area contributed by atoms with E-state index in [-0.39, 0.29) is 11.8 Å². The third-order valence-corrected chi connectivity index (χ3v) is 2.56. The molecule has 0 aromatic heterocycles. The maximum absolute atomic E-state index is 11.0. The van der Waals surface area contributed by atoms with Gasteiger partial charge in [-0.2, -0.15) is 0 Å². The molecule has 0 saturated carbocycles. The monoisotopic (exact) mass is 183 g/mol. The van der Waals surface area contributed by atoms with Crippen LogP contribution in [-0.2, 0) is 4.79 Å². The summed E-state index contributed by atoms with van der Waals surface area (Å²) in [5, 5.41) is 3.12. The Morgan fingerprint density at radius 2 is 1.69 bits per heavy atom. The first kappa shape index (κ1) is 12.2. The zero-order chi connectivity index (χ0) is 10.6. The lowest BCUT2D eigenvalue weighted by molar-refractivity contribution is -0.118. The molecule has 0 aliphatic heterocycles. The van der Waals surface area contributed by atoms with E-state index in [9.17, 15) is 4.79 Å². The minimum atomic E-state index is -0.117. The zero-order valence-corrected chi connectivity index (χ0v) is 9.35. The Hall–Kier alpha value is -0.790. The fourth-order valence-electron chi connectivity index (χ4n) is 0.914. The minimum Gasteiger partial charge on any atom is -0.379 e. The number of carbonyl (C=O) groups is 1. The van der Waals surface area contributed by atoms with Crippen LogP contribution in [0.15, 0.2) is 12.3 Å². The Morgan fingerprint density at radius 1 is 1.23 bits per heavy atom. The highest BCUT2D eigenvalue weighted by Gasteiger charge is 2.14. The summed E-state index contributed by atoms with van der Waals surface area (Å²) in [6.45, 7) is 13.8. The van der Waals surface area contributed by atoms with Gasteiger partial charge in [-0.05, 0) is 25.7 Å². The Morgan fingerprint density at radius 3 is 2.00 bits per heavy atom. The number of nitrogens with one attached hydrogen (secondary N) is 1. The van der Waals surface area contributed by atoms with Crippen molar-refractivity contribution >= 4 is 5.78 Å². The highest BCUT2D eigenvalue weighted by molar-refractivity contribution is 5.81. The Balaban J connectivity index is 4.08. The van der Waals surface area contributed by atoms with Crippen LogP contribution in [0, 0.1) is 11.8 Å². The molecule has 2 atom stereocenters. The van der Waals surface area contributed by atoms with Crippen LogP contribution >= 0.6 is 0 Å². The molecule has 0 saturated heterocycles. The molecule has 0 unspecified atom stereocenters. The fourth-order valence-corrected chi connectivity index (χ4v) is 0.914. The molecule has 76 valence electrons. The van der Waals surface area contributed by atoms with Crippen LogP contribution in [0.5, 0.6) is 0 Å². The summed E-state index contributed by atoms with van der Waals surface area (Å²) in [6, 6.07) is -0.117. The van der Waals surface area contributed by atoms with Crippen molar-refractivity contribution in [2.75, 3.05) is 0 Å². The van der Waals surface area contributed by atoms with E-state index in [4.69, 9.17) is 0 Å². The van der Waals surface area contributed by atoms with E-state index in [1.165, 1.54) is 0 Å². The molecule has 0 aromatic carbocycles. The van der Waals surface area contributed by atoms with Gasteiger partial charge in [0.1, 0.15) is 0 Å². The summed E-state index contributed by atoms with van der Waals surface area (Å²) in [6.07, 6.45) is 0. The number of Topliss-reactive ketones (excluding diaryl/α,β-unsaturated/α-hetero) is 1. The molecular weight excluding hydrogens is 162 g/mol. The van der Waals surface area contributed by atoms with Crippen molar-refractivity contribution in [2.45, 2.75) is 40.7 Å². The SMILES string of the molecule is C=C(N[C@@H](C)C(C)=O)[C@@H](C)C(C)C. The molecule has 0 bridgehead atoms. The summed E-state index contributed by atoms with van der Waals surface area (Å²) < 4.78 is 0. The van der Waals surface area contributed by atoms with Crippen molar-refractivity contribution in [3.05, 3.63) is 12.3 Å². The smallest absolute Gasteiger partial charge is 0.151 e. The first-order valence-corrected chi connectivity index (χ1v) is 4.82. The van der Waals surface area contributed by atoms with Crippen molar-refractivity contribution in [1.82, 2.24) is 5.32 Å². The van der Waals surface area contributed by atoms with Crippen LogP contribution in [0.3, 0.4) is 0 Å². The third kappa shape index (κ3) is 4.11. The van der Waals surface area contributed by atoms with Crippen LogP contribution in [0.4, 0.5) is 0 Å². The summed E-state index contributed by atoms with van der Waals surface area (Å²) in [5.41, 5.74) is 0.956. The van der Waals surface area contributed by atoms with Crippen molar-refractivity contribution in [3.63, 3.8) is 0 Å². The lowest BCUT2D eigenvalue weighted by Crippen LogP contribution is -2.34. The predicted octanol–water partition coefficient (Wildman–Crippen LogP) is 2.36. The molecule has 13 heavy (non-hydrogen) atoms. The van der Waals surface area contributed by atoms with E-state index in [2.05, 4.69) is 32.7 Å². The molecule has 0 amide bonds. The van der Waals surface area contributed by atoms with Gasteiger partial charge in [0.15, 0.2) is 5.78 Å². The molecule has 0 radical (unpaired) electrons. The van der Waals surface area contributed by atoms with E-state index in [0.717, 1.165) is 5.70 Å². The lowest BCUT2D eigenvalue weighted by Gasteiger charge is -2.22. The molecule has 1 N–H and O–H groups in total. The van der Waals surface area contributed by atoms with Gasteiger partial charge in [0.2, 0.25) is 0 Å². The molecule has 0 aliphatic carbocycles. The number of rotatable bonds is 5. The molecule has 0 aliphatic rings. The Kier molecular flexibility index (Phi) is 4.74. The van der Waals surface area contributed by atoms with Gasteiger partial charge in [0.25, 0.3) is 0 Å². The molecular formula is C11H21NO. The molecule has 2 heteroatoms. The highest BCUT2D eigenvalue weighted by Crippen LogP contribution is 2.16. The van der Waals surface area contributed by atoms with E-state index < -0.39 is 0 Å². The second-order valence-corrected chi connectivity index (χ2v) is 4.03. The summed E-state index contributed by atoms with van der Waals surface area (Å²) >= 11 is 0. The zero-order valence-electron chi connectivity index (χ0n) is 9.35. The van der Waals surface area contributed by atoms with Gasteiger partial charge in [-0.3, -0.25) is 4.79 Å². The third-order valence-electron chi connectivity index (χ3n) is 2.56. The van der Waals surface area contributed by atoms with Crippen molar-refractivity contribution in [2.24, 2.45) is 11.8 Å². The van der Waals surface area contributed by atoms with Gasteiger partial charge < -0.3 is 5.32 Å². The van der Waals surface area contributed by atoms with E-state index in [1.807, 2.05) is 6.92 Å². The summed E-state index contributed by atoms with van der Waals surface area (Å²) in [5.74, 6) is 1.11. The predicted molar refractivity (Wildman–Crippen MR) is 56.4 cm³/mol. The number of ketones is 1. The van der Waals surface area contributed by atoms with Gasteiger partial charge in [0, 0.05) is 5.70 Å². The second kappa shape index (κ2) is 5.05. The number of allylic oxidation sites excluding steroid dienone is 1. The van der Waals surface area contributed by atoms with Gasteiger partial charge in [-0.25, -0.2) is 0 Å². The number of hydrogen-bond donors (Lipinski definition) is 1. The molecule has 0 fully saturated rings. The topological polar surface area (TPSA) is 29.1 Å². The maximum Gasteiger partial charge on any atom is 0.151 e. The van der Waals surface area contributed by atoms with Crippen LogP contribution in [-0.4, -0.2) is 11.8 Å². The van der Waals surface area contributed by atoms with Crippen LogP contribution in [0.25, 0.3) is 0 Å². The Bertz CT molecular complexity index is 196. The van der Waals surface area contributed by atoms with Crippen LogP contribution in [0.1, 0.15) is 34.6 Å². The quantitative estimate of drug-likeness (QED) is 0.709. The van der Waals surface area contributed by atoms with Crippen molar-refractivity contribution < 1.29 is 4.79 Å². The van der Waals surface area contributed by atoms with Gasteiger partial charge >= 0.3 is 0 Å². The van der Waals surface area contributed by atoms with Crippen molar-refractivity contribution in [3.8, 4) is 0 Å². The second-order valence-electron chi connectivity index (χ2n) is 4.03. The van der Waals surface area contributed by atoms with Crippen LogP contribution in [0.2, 0.25) is 0 Å². The standard InChI is InChI=1S/C11H21NO/c1-7(2)8(3)9(4)12-10(5)11(6)13/h7-8,10,12H,4H2,1-3,5-6H3/t8-,10-/m0/s1. The average Bonchev–Trinajstić information content (AvgIpc) is 2.02. The molecule has 0 spiro atoms. The molecule has 0 heterocycles. The molecule has 0 aromatic rings. The van der Waals surface area contributed by atoms with Gasteiger partial charge in [-0.1, -0.05) is 27.4 Å². The van der Waals surface area contributed by atoms with E-state index in [1.54, 1.807) is 6.92 Å². The normalized spacial score (nSPS) is 15.2. The van der Waals surface area contributed by atoms with Crippen LogP contribution < -0.4 is 5.32 Å². The van der Waals surface area contributed by atoms with E-state index in [0.29, 0.717) is 11.8 Å². The molecule has 0 rings (SSSR count). The number of carbonyl (C=O) groups excluding carboxylic acids is 1. The largest absolute Gasteiger partial charge is 0.379 e.